The zero-order valence-electron chi connectivity index (χ0n) is 11.5. The van der Waals surface area contributed by atoms with Crippen LogP contribution in [0.3, 0.4) is 0 Å². The molecular weight excluding hydrogens is 262 g/mol. The van der Waals surface area contributed by atoms with Crippen molar-refractivity contribution in [3.8, 4) is 5.69 Å². The van der Waals surface area contributed by atoms with Gasteiger partial charge in [-0.3, -0.25) is 0 Å². The van der Waals surface area contributed by atoms with E-state index in [0.717, 1.165) is 18.7 Å². The van der Waals surface area contributed by atoms with E-state index in [-0.39, 0.29) is 0 Å². The molecule has 0 saturated heterocycles. The number of tetrazole rings is 1. The highest BCUT2D eigenvalue weighted by Gasteiger charge is 2.25. The molecule has 1 unspecified atom stereocenters. The van der Waals surface area contributed by atoms with Gasteiger partial charge in [0, 0.05) is 12.5 Å². The number of aromatic nitrogens is 4. The lowest BCUT2D eigenvalue weighted by atomic mass is 9.78. The maximum Gasteiger partial charge on any atom is 0.247 e. The van der Waals surface area contributed by atoms with Crippen molar-refractivity contribution in [1.29, 1.82) is 0 Å². The molecule has 0 amide bonds. The fourth-order valence-electron chi connectivity index (χ4n) is 2.80. The highest BCUT2D eigenvalue weighted by atomic mass is 15.6. The highest BCUT2D eigenvalue weighted by molar-refractivity contribution is 5.43. The lowest BCUT2D eigenvalue weighted by molar-refractivity contribution is 0.631. The van der Waals surface area contributed by atoms with Gasteiger partial charge < -0.3 is 5.32 Å². The summed E-state index contributed by atoms with van der Waals surface area (Å²) in [4.78, 5) is 0. The Balaban J connectivity index is 1.49. The number of para-hydroxylation sites is 1. The van der Waals surface area contributed by atoms with E-state index in [1.54, 1.807) is 4.68 Å². The molecule has 4 rings (SSSR count). The SMILES string of the molecule is c1ccc(-n2nnnc2NCC2Cc3ccccc32)cc1. The van der Waals surface area contributed by atoms with E-state index in [0.29, 0.717) is 11.9 Å². The van der Waals surface area contributed by atoms with E-state index in [1.165, 1.54) is 11.1 Å². The van der Waals surface area contributed by atoms with E-state index in [2.05, 4.69) is 45.1 Å². The third kappa shape index (κ3) is 2.16. The van der Waals surface area contributed by atoms with Crippen molar-refractivity contribution in [2.75, 3.05) is 11.9 Å². The number of rotatable bonds is 4. The molecule has 5 heteroatoms. The largest absolute Gasteiger partial charge is 0.352 e. The predicted molar refractivity (Wildman–Crippen MR) is 80.5 cm³/mol. The van der Waals surface area contributed by atoms with Crippen molar-refractivity contribution in [2.45, 2.75) is 12.3 Å². The Hall–Kier alpha value is -2.69. The van der Waals surface area contributed by atoms with Crippen molar-refractivity contribution in [1.82, 2.24) is 20.2 Å². The number of nitrogens with one attached hydrogen (secondary N) is 1. The van der Waals surface area contributed by atoms with Crippen LogP contribution in [0.1, 0.15) is 17.0 Å². The molecule has 0 radical (unpaired) electrons. The van der Waals surface area contributed by atoms with E-state index in [9.17, 15) is 0 Å². The van der Waals surface area contributed by atoms with Gasteiger partial charge in [-0.25, -0.2) is 0 Å². The van der Waals surface area contributed by atoms with E-state index in [1.807, 2.05) is 30.3 Å². The van der Waals surface area contributed by atoms with Crippen molar-refractivity contribution in [3.63, 3.8) is 0 Å². The second-order valence-corrected chi connectivity index (χ2v) is 5.23. The minimum Gasteiger partial charge on any atom is -0.352 e. The first-order chi connectivity index (χ1) is 10.4. The molecule has 0 spiro atoms. The van der Waals surface area contributed by atoms with Crippen molar-refractivity contribution < 1.29 is 0 Å². The first-order valence-corrected chi connectivity index (χ1v) is 7.07. The number of benzene rings is 2. The summed E-state index contributed by atoms with van der Waals surface area (Å²) >= 11 is 0. The van der Waals surface area contributed by atoms with Crippen LogP contribution >= 0.6 is 0 Å². The number of fused-ring (bicyclic) bond motifs is 1. The molecule has 1 aromatic heterocycles. The minimum atomic E-state index is 0.544. The van der Waals surface area contributed by atoms with Crippen molar-refractivity contribution >= 4 is 5.95 Å². The molecule has 1 atom stereocenters. The summed E-state index contributed by atoms with van der Waals surface area (Å²) in [5, 5.41) is 15.2. The summed E-state index contributed by atoms with van der Waals surface area (Å²) in [6, 6.07) is 18.5. The van der Waals surface area contributed by atoms with E-state index < -0.39 is 0 Å². The number of hydrogen-bond acceptors (Lipinski definition) is 4. The minimum absolute atomic E-state index is 0.544. The van der Waals surface area contributed by atoms with Gasteiger partial charge in [-0.15, -0.1) is 0 Å². The van der Waals surface area contributed by atoms with Gasteiger partial charge in [-0.1, -0.05) is 47.6 Å². The molecule has 0 bridgehead atoms. The molecule has 1 heterocycles. The Kier molecular flexibility index (Phi) is 2.88. The summed E-state index contributed by atoms with van der Waals surface area (Å²) in [7, 11) is 0. The molecule has 0 fully saturated rings. The smallest absolute Gasteiger partial charge is 0.247 e. The fourth-order valence-corrected chi connectivity index (χ4v) is 2.80. The molecule has 104 valence electrons. The van der Waals surface area contributed by atoms with Gasteiger partial charge in [0.25, 0.3) is 0 Å². The summed E-state index contributed by atoms with van der Waals surface area (Å²) in [5.74, 6) is 1.23. The lowest BCUT2D eigenvalue weighted by Gasteiger charge is -2.30. The first kappa shape index (κ1) is 12.1. The summed E-state index contributed by atoms with van der Waals surface area (Å²) in [6.07, 6.45) is 1.12. The van der Waals surface area contributed by atoms with Crippen LogP contribution in [0.25, 0.3) is 5.69 Å². The molecule has 0 aliphatic heterocycles. The lowest BCUT2D eigenvalue weighted by Crippen LogP contribution is -2.25. The average molecular weight is 277 g/mol. The first-order valence-electron chi connectivity index (χ1n) is 7.07. The molecular formula is C16H15N5. The Bertz CT molecular complexity index is 750. The van der Waals surface area contributed by atoms with Crippen molar-refractivity contribution in [3.05, 3.63) is 65.7 Å². The molecule has 5 nitrogen and oxygen atoms in total. The van der Waals surface area contributed by atoms with Gasteiger partial charge in [0.05, 0.1) is 5.69 Å². The Labute approximate surface area is 122 Å². The van der Waals surface area contributed by atoms with Gasteiger partial charge in [0.2, 0.25) is 5.95 Å². The van der Waals surface area contributed by atoms with Gasteiger partial charge in [-0.2, -0.15) is 4.68 Å². The van der Waals surface area contributed by atoms with Gasteiger partial charge in [-0.05, 0) is 40.1 Å². The molecule has 21 heavy (non-hydrogen) atoms. The maximum atomic E-state index is 4.07. The van der Waals surface area contributed by atoms with Crippen LogP contribution in [0, 0.1) is 0 Å². The molecule has 1 aliphatic rings. The standard InChI is InChI=1S/C16H15N5/c1-2-7-14(8-3-1)21-16(18-19-20-21)17-11-13-10-12-6-4-5-9-15(12)13/h1-9,13H,10-11H2,(H,17,18,20). The summed E-state index contributed by atoms with van der Waals surface area (Å²) in [6.45, 7) is 0.851. The second kappa shape index (κ2) is 5.01. The Morgan fingerprint density at radius 3 is 2.71 bits per heavy atom. The van der Waals surface area contributed by atoms with Gasteiger partial charge in [0.1, 0.15) is 0 Å². The van der Waals surface area contributed by atoms with Crippen LogP contribution in [0.4, 0.5) is 5.95 Å². The van der Waals surface area contributed by atoms with Crippen LogP contribution in [0.2, 0.25) is 0 Å². The molecule has 1 N–H and O–H groups in total. The molecule has 1 aliphatic carbocycles. The molecule has 0 saturated carbocycles. The van der Waals surface area contributed by atoms with Crippen molar-refractivity contribution in [2.24, 2.45) is 0 Å². The zero-order chi connectivity index (χ0) is 14.1. The van der Waals surface area contributed by atoms with Crippen LogP contribution in [0.15, 0.2) is 54.6 Å². The van der Waals surface area contributed by atoms with E-state index in [4.69, 9.17) is 0 Å². The molecule has 2 aromatic carbocycles. The average Bonchev–Trinajstić information content (AvgIpc) is 2.98. The maximum absolute atomic E-state index is 4.07. The van der Waals surface area contributed by atoms with Gasteiger partial charge >= 0.3 is 0 Å². The van der Waals surface area contributed by atoms with Crippen LogP contribution < -0.4 is 5.32 Å². The predicted octanol–water partition coefficient (Wildman–Crippen LogP) is 2.41. The third-order valence-electron chi connectivity index (χ3n) is 3.94. The zero-order valence-corrected chi connectivity index (χ0v) is 11.5. The Morgan fingerprint density at radius 2 is 1.86 bits per heavy atom. The van der Waals surface area contributed by atoms with Crippen LogP contribution in [-0.2, 0) is 6.42 Å². The van der Waals surface area contributed by atoms with Crippen LogP contribution in [-0.4, -0.2) is 26.8 Å². The molecule has 3 aromatic rings. The van der Waals surface area contributed by atoms with E-state index >= 15 is 0 Å². The number of anilines is 1. The fraction of sp³-hybridized carbons (Fsp3) is 0.188. The third-order valence-corrected chi connectivity index (χ3v) is 3.94. The number of nitrogens with zero attached hydrogens (tertiary/aromatic N) is 4. The van der Waals surface area contributed by atoms with Gasteiger partial charge in [0.15, 0.2) is 0 Å². The number of hydrogen-bond donors (Lipinski definition) is 1. The second-order valence-electron chi connectivity index (χ2n) is 5.23. The quantitative estimate of drug-likeness (QED) is 0.795. The van der Waals surface area contributed by atoms with Crippen LogP contribution in [0.5, 0.6) is 0 Å². The Morgan fingerprint density at radius 1 is 1.05 bits per heavy atom. The normalized spacial score (nSPS) is 16.1. The topological polar surface area (TPSA) is 55.6 Å². The highest BCUT2D eigenvalue weighted by Crippen LogP contribution is 2.34. The summed E-state index contributed by atoms with van der Waals surface area (Å²) < 4.78 is 1.73. The monoisotopic (exact) mass is 277 g/mol. The summed E-state index contributed by atoms with van der Waals surface area (Å²) in [5.41, 5.74) is 3.84.